The molecule has 1 unspecified atom stereocenters. The Hall–Kier alpha value is -3.02. The van der Waals surface area contributed by atoms with Crippen LogP contribution in [-0.2, 0) is 17.6 Å². The number of nitrogens with zero attached hydrogens (tertiary/aromatic N) is 3. The lowest BCUT2D eigenvalue weighted by molar-refractivity contribution is -0.118. The topological polar surface area (TPSA) is 94.9 Å². The van der Waals surface area contributed by atoms with Crippen LogP contribution in [0.2, 0.25) is 0 Å². The summed E-state index contributed by atoms with van der Waals surface area (Å²) in [5.41, 5.74) is 12.9. The largest absolute Gasteiger partial charge is 0.370 e. The van der Waals surface area contributed by atoms with Gasteiger partial charge in [-0.2, -0.15) is 4.98 Å². The third-order valence-corrected chi connectivity index (χ3v) is 5.60. The lowest BCUT2D eigenvalue weighted by Crippen LogP contribution is -2.15. The second kappa shape index (κ2) is 9.41. The summed E-state index contributed by atoms with van der Waals surface area (Å²) in [5.74, 6) is 1.30. The zero-order chi connectivity index (χ0) is 22.7. The van der Waals surface area contributed by atoms with Gasteiger partial charge in [0.1, 0.15) is 5.69 Å². The first kappa shape index (κ1) is 22.7. The van der Waals surface area contributed by atoms with E-state index in [1.165, 1.54) is 22.3 Å². The van der Waals surface area contributed by atoms with Crippen LogP contribution in [0, 0.1) is 19.8 Å². The third-order valence-electron chi connectivity index (χ3n) is 5.60. The van der Waals surface area contributed by atoms with Crippen molar-refractivity contribution in [1.29, 1.82) is 0 Å². The van der Waals surface area contributed by atoms with E-state index in [9.17, 15) is 4.79 Å². The van der Waals surface area contributed by atoms with Crippen LogP contribution in [0.4, 0.5) is 0 Å². The molecule has 2 heterocycles. The second-order valence-electron chi connectivity index (χ2n) is 8.81. The van der Waals surface area contributed by atoms with Crippen LogP contribution < -0.4 is 5.73 Å². The predicted octanol–water partition coefficient (Wildman–Crippen LogP) is 5.16. The van der Waals surface area contributed by atoms with Crippen LogP contribution >= 0.6 is 0 Å². The number of aryl methyl sites for hydroxylation is 3. The number of aromatic nitrogens is 3. The summed E-state index contributed by atoms with van der Waals surface area (Å²) in [7, 11) is 0. The van der Waals surface area contributed by atoms with Gasteiger partial charge in [0.25, 0.3) is 5.89 Å². The Balaban J connectivity index is 1.93. The van der Waals surface area contributed by atoms with E-state index in [0.29, 0.717) is 29.7 Å². The molecule has 1 amide bonds. The molecule has 0 fully saturated rings. The molecule has 0 aliphatic carbocycles. The number of carbonyl (C=O) groups excluding carboxylic acids is 1. The maximum atomic E-state index is 11.4. The number of hydrogen-bond donors (Lipinski definition) is 1. The number of pyridine rings is 1. The Morgan fingerprint density at radius 3 is 2.45 bits per heavy atom. The lowest BCUT2D eigenvalue weighted by Gasteiger charge is -2.18. The summed E-state index contributed by atoms with van der Waals surface area (Å²) >= 11 is 0. The minimum atomic E-state index is -0.289. The molecule has 0 radical (unpaired) electrons. The Morgan fingerprint density at radius 2 is 1.84 bits per heavy atom. The summed E-state index contributed by atoms with van der Waals surface area (Å²) in [6.07, 6.45) is 4.07. The maximum absolute atomic E-state index is 11.4. The fourth-order valence-corrected chi connectivity index (χ4v) is 4.20. The first-order valence-corrected chi connectivity index (χ1v) is 10.9. The number of amides is 1. The molecule has 164 valence electrons. The van der Waals surface area contributed by atoms with E-state index in [4.69, 9.17) is 10.3 Å². The van der Waals surface area contributed by atoms with E-state index in [-0.39, 0.29) is 11.8 Å². The van der Waals surface area contributed by atoms with Gasteiger partial charge in [-0.15, -0.1) is 0 Å². The van der Waals surface area contributed by atoms with Crippen LogP contribution in [0.15, 0.2) is 28.9 Å². The highest BCUT2D eigenvalue weighted by Crippen LogP contribution is 2.32. The highest BCUT2D eigenvalue weighted by Gasteiger charge is 2.19. The van der Waals surface area contributed by atoms with Gasteiger partial charge < -0.3 is 10.3 Å². The number of rotatable bonds is 8. The van der Waals surface area contributed by atoms with Crippen molar-refractivity contribution in [3.8, 4) is 23.0 Å². The summed E-state index contributed by atoms with van der Waals surface area (Å²) in [4.78, 5) is 20.6. The monoisotopic (exact) mass is 420 g/mol. The van der Waals surface area contributed by atoms with Crippen LogP contribution in [0.3, 0.4) is 0 Å². The molecule has 2 N–H and O–H groups in total. The fourth-order valence-electron chi connectivity index (χ4n) is 4.20. The molecular formula is C25H32N4O2. The van der Waals surface area contributed by atoms with Crippen molar-refractivity contribution in [3.63, 3.8) is 0 Å². The molecule has 0 aliphatic rings. The second-order valence-corrected chi connectivity index (χ2v) is 8.81. The minimum Gasteiger partial charge on any atom is -0.370 e. The van der Waals surface area contributed by atoms with Gasteiger partial charge in [-0.1, -0.05) is 32.9 Å². The standard InChI is InChI=1S/C25H32N4O2/c1-7-18-12-19(9-16(5)23(18)17(6)11-22(26)30)24-28-25(31-29-24)21-10-15(4)20(13-27-21)8-14(2)3/h9-10,12-14,17H,7-8,11H2,1-6H3,(H2,26,30). The molecule has 6 nitrogen and oxygen atoms in total. The summed E-state index contributed by atoms with van der Waals surface area (Å²) in [5, 5.41) is 4.20. The molecule has 0 bridgehead atoms. The average Bonchev–Trinajstić information content (AvgIpc) is 3.18. The molecule has 2 aromatic heterocycles. The average molecular weight is 421 g/mol. The van der Waals surface area contributed by atoms with Crippen molar-refractivity contribution in [2.24, 2.45) is 11.7 Å². The number of primary amides is 1. The van der Waals surface area contributed by atoms with E-state index < -0.39 is 0 Å². The van der Waals surface area contributed by atoms with Gasteiger partial charge in [0.15, 0.2) is 0 Å². The van der Waals surface area contributed by atoms with E-state index in [1.807, 2.05) is 25.3 Å². The number of benzene rings is 1. The molecule has 31 heavy (non-hydrogen) atoms. The van der Waals surface area contributed by atoms with E-state index in [1.54, 1.807) is 0 Å². The Bertz CT molecular complexity index is 1090. The Morgan fingerprint density at radius 1 is 1.10 bits per heavy atom. The van der Waals surface area contributed by atoms with Gasteiger partial charge in [0, 0.05) is 18.2 Å². The van der Waals surface area contributed by atoms with Gasteiger partial charge in [-0.3, -0.25) is 9.78 Å². The number of hydrogen-bond acceptors (Lipinski definition) is 5. The van der Waals surface area contributed by atoms with Crippen molar-refractivity contribution in [2.45, 2.75) is 66.7 Å². The molecule has 1 aromatic carbocycles. The Labute approximate surface area is 184 Å². The lowest BCUT2D eigenvalue weighted by atomic mass is 9.86. The highest BCUT2D eigenvalue weighted by molar-refractivity contribution is 5.75. The quantitative estimate of drug-likeness (QED) is 0.543. The van der Waals surface area contributed by atoms with Crippen LogP contribution in [0.25, 0.3) is 23.0 Å². The number of nitrogens with two attached hydrogens (primary N) is 1. The summed E-state index contributed by atoms with van der Waals surface area (Å²) in [6, 6.07) is 6.14. The van der Waals surface area contributed by atoms with Gasteiger partial charge >= 0.3 is 0 Å². The van der Waals surface area contributed by atoms with Crippen LogP contribution in [-0.4, -0.2) is 21.0 Å². The van der Waals surface area contributed by atoms with Gasteiger partial charge in [-0.25, -0.2) is 0 Å². The molecule has 0 aliphatic heterocycles. The molecule has 3 rings (SSSR count). The van der Waals surface area contributed by atoms with Gasteiger partial charge in [-0.05, 0) is 84.5 Å². The van der Waals surface area contributed by atoms with Crippen molar-refractivity contribution in [2.75, 3.05) is 0 Å². The molecule has 6 heteroatoms. The Kier molecular flexibility index (Phi) is 6.88. The van der Waals surface area contributed by atoms with Gasteiger partial charge in [0.05, 0.1) is 0 Å². The van der Waals surface area contributed by atoms with Crippen molar-refractivity contribution < 1.29 is 9.32 Å². The van der Waals surface area contributed by atoms with E-state index in [2.05, 4.69) is 55.8 Å². The van der Waals surface area contributed by atoms with Crippen LogP contribution in [0.1, 0.15) is 67.9 Å². The van der Waals surface area contributed by atoms with Crippen molar-refractivity contribution in [1.82, 2.24) is 15.1 Å². The maximum Gasteiger partial charge on any atom is 0.276 e. The molecular weight excluding hydrogens is 388 g/mol. The first-order valence-electron chi connectivity index (χ1n) is 10.9. The SMILES string of the molecule is CCc1cc(-c2noc(-c3cc(C)c(CC(C)C)cn3)n2)cc(C)c1C(C)CC(N)=O. The highest BCUT2D eigenvalue weighted by atomic mass is 16.5. The molecule has 3 aromatic rings. The fraction of sp³-hybridized carbons (Fsp3) is 0.440. The first-order chi connectivity index (χ1) is 14.7. The van der Waals surface area contributed by atoms with E-state index >= 15 is 0 Å². The smallest absolute Gasteiger partial charge is 0.276 e. The molecule has 0 saturated carbocycles. The predicted molar refractivity (Wildman–Crippen MR) is 123 cm³/mol. The summed E-state index contributed by atoms with van der Waals surface area (Å²) in [6.45, 7) is 12.7. The summed E-state index contributed by atoms with van der Waals surface area (Å²) < 4.78 is 5.54. The van der Waals surface area contributed by atoms with Crippen molar-refractivity contribution in [3.05, 3.63) is 52.2 Å². The van der Waals surface area contributed by atoms with Gasteiger partial charge in [0.2, 0.25) is 11.7 Å². The van der Waals surface area contributed by atoms with Crippen molar-refractivity contribution >= 4 is 5.91 Å². The minimum absolute atomic E-state index is 0.0684. The number of carbonyl (C=O) groups is 1. The molecule has 1 atom stereocenters. The van der Waals surface area contributed by atoms with Crippen LogP contribution in [0.5, 0.6) is 0 Å². The zero-order valence-electron chi connectivity index (χ0n) is 19.3. The van der Waals surface area contributed by atoms with E-state index in [0.717, 1.165) is 24.0 Å². The molecule has 0 spiro atoms. The normalized spacial score (nSPS) is 12.4. The molecule has 0 saturated heterocycles. The third kappa shape index (κ3) is 5.19. The zero-order valence-corrected chi connectivity index (χ0v) is 19.3.